The van der Waals surface area contributed by atoms with E-state index in [0.717, 1.165) is 17.4 Å². The van der Waals surface area contributed by atoms with Gasteiger partial charge in [0.15, 0.2) is 6.29 Å². The Bertz CT molecular complexity index is 930. The van der Waals surface area contributed by atoms with Crippen LogP contribution in [0.1, 0.15) is 23.8 Å². The maximum Gasteiger partial charge on any atom is 0.183 e. The quantitative estimate of drug-likeness (QED) is 0.643. The zero-order valence-electron chi connectivity index (χ0n) is 12.9. The van der Waals surface area contributed by atoms with Crippen LogP contribution in [0.25, 0.3) is 22.3 Å². The molecule has 0 saturated carbocycles. The Hall–Kier alpha value is -2.61. The van der Waals surface area contributed by atoms with Gasteiger partial charge < -0.3 is 13.9 Å². The molecule has 1 saturated heterocycles. The molecule has 4 heteroatoms. The van der Waals surface area contributed by atoms with Crippen molar-refractivity contribution in [3.63, 3.8) is 0 Å². The predicted molar refractivity (Wildman–Crippen MR) is 88.8 cm³/mol. The average molecular weight is 322 g/mol. The first-order valence-corrected chi connectivity index (χ1v) is 7.78. The van der Waals surface area contributed by atoms with Crippen molar-refractivity contribution in [1.29, 1.82) is 0 Å². The molecule has 1 aromatic heterocycles. The zero-order valence-corrected chi connectivity index (χ0v) is 12.9. The van der Waals surface area contributed by atoms with Gasteiger partial charge in [-0.3, -0.25) is 0 Å². The first kappa shape index (κ1) is 14.9. The first-order chi connectivity index (χ1) is 11.7. The van der Waals surface area contributed by atoms with Crippen molar-refractivity contribution in [3.05, 3.63) is 59.4 Å². The number of hydrogen-bond donors (Lipinski definition) is 0. The molecule has 0 bridgehead atoms. The van der Waals surface area contributed by atoms with E-state index >= 15 is 0 Å². The fraction of sp³-hybridized carbons (Fsp3) is 0.200. The summed E-state index contributed by atoms with van der Waals surface area (Å²) in [5.41, 5.74) is 2.43. The van der Waals surface area contributed by atoms with Gasteiger partial charge in [0.1, 0.15) is 17.2 Å². The molecule has 0 N–H and O–H groups in total. The van der Waals surface area contributed by atoms with E-state index in [0.29, 0.717) is 35.7 Å². The van der Waals surface area contributed by atoms with Crippen molar-refractivity contribution in [3.8, 4) is 23.7 Å². The maximum atomic E-state index is 14.6. The number of fused-ring (bicyclic) bond motifs is 1. The Morgan fingerprint density at radius 3 is 2.62 bits per heavy atom. The van der Waals surface area contributed by atoms with Crippen LogP contribution < -0.4 is 0 Å². The fourth-order valence-corrected chi connectivity index (χ4v) is 2.81. The molecule has 4 rings (SSSR count). The van der Waals surface area contributed by atoms with Gasteiger partial charge in [-0.05, 0) is 42.8 Å². The van der Waals surface area contributed by atoms with Crippen LogP contribution in [0, 0.1) is 18.2 Å². The van der Waals surface area contributed by atoms with Gasteiger partial charge in [-0.25, -0.2) is 4.39 Å². The molecule has 0 spiro atoms. The molecule has 3 aromatic rings. The second kappa shape index (κ2) is 6.12. The molecule has 0 unspecified atom stereocenters. The van der Waals surface area contributed by atoms with Crippen LogP contribution in [0.15, 0.2) is 46.9 Å². The summed E-state index contributed by atoms with van der Waals surface area (Å²) in [6, 6.07) is 12.2. The molecule has 2 heterocycles. The summed E-state index contributed by atoms with van der Waals surface area (Å²) >= 11 is 0. The van der Waals surface area contributed by atoms with E-state index in [2.05, 4.69) is 5.92 Å². The number of ether oxygens (including phenoxy) is 2. The molecule has 120 valence electrons. The fourth-order valence-electron chi connectivity index (χ4n) is 2.81. The van der Waals surface area contributed by atoms with Crippen LogP contribution in [0.3, 0.4) is 0 Å². The van der Waals surface area contributed by atoms with Gasteiger partial charge in [0.2, 0.25) is 0 Å². The lowest BCUT2D eigenvalue weighted by atomic mass is 10.1. The summed E-state index contributed by atoms with van der Waals surface area (Å²) in [5, 5.41) is 0.881. The molecular weight excluding hydrogens is 307 g/mol. The van der Waals surface area contributed by atoms with Gasteiger partial charge in [0.25, 0.3) is 0 Å². The lowest BCUT2D eigenvalue weighted by Crippen LogP contribution is -2.17. The minimum absolute atomic E-state index is 0.374. The maximum absolute atomic E-state index is 14.6. The minimum Gasteiger partial charge on any atom is -0.456 e. The van der Waals surface area contributed by atoms with E-state index in [1.165, 1.54) is 6.07 Å². The van der Waals surface area contributed by atoms with Crippen LogP contribution >= 0.6 is 0 Å². The molecule has 1 aliphatic rings. The Kier molecular flexibility index (Phi) is 3.81. The van der Waals surface area contributed by atoms with E-state index in [1.54, 1.807) is 24.3 Å². The largest absolute Gasteiger partial charge is 0.456 e. The van der Waals surface area contributed by atoms with Crippen molar-refractivity contribution < 1.29 is 18.3 Å². The summed E-state index contributed by atoms with van der Waals surface area (Å²) in [6.45, 7) is 1.24. The lowest BCUT2D eigenvalue weighted by Gasteiger charge is -2.23. The lowest BCUT2D eigenvalue weighted by molar-refractivity contribution is -0.183. The Balaban J connectivity index is 1.70. The van der Waals surface area contributed by atoms with Crippen molar-refractivity contribution >= 4 is 11.0 Å². The Morgan fingerprint density at radius 2 is 1.88 bits per heavy atom. The van der Waals surface area contributed by atoms with Crippen molar-refractivity contribution in [2.45, 2.75) is 12.7 Å². The average Bonchev–Trinajstić information content (AvgIpc) is 3.05. The van der Waals surface area contributed by atoms with Crippen LogP contribution in [0.2, 0.25) is 0 Å². The molecule has 0 amide bonds. The molecule has 0 radical (unpaired) electrons. The second-order valence-corrected chi connectivity index (χ2v) is 5.67. The third kappa shape index (κ3) is 2.69. The SMILES string of the molecule is C#Cc1ccc2cc(-c3ccc(C4OCCCO4)cc3F)oc2c1. The summed E-state index contributed by atoms with van der Waals surface area (Å²) in [6.07, 6.45) is 5.75. The molecule has 1 fully saturated rings. The highest BCUT2D eigenvalue weighted by Crippen LogP contribution is 2.32. The van der Waals surface area contributed by atoms with Gasteiger partial charge in [0.05, 0.1) is 18.8 Å². The summed E-state index contributed by atoms with van der Waals surface area (Å²) in [4.78, 5) is 0. The van der Waals surface area contributed by atoms with Crippen LogP contribution in [0.5, 0.6) is 0 Å². The van der Waals surface area contributed by atoms with Crippen molar-refractivity contribution in [2.75, 3.05) is 13.2 Å². The smallest absolute Gasteiger partial charge is 0.183 e. The van der Waals surface area contributed by atoms with Crippen molar-refractivity contribution in [1.82, 2.24) is 0 Å². The van der Waals surface area contributed by atoms with E-state index in [-0.39, 0.29) is 5.82 Å². The predicted octanol–water partition coefficient (Wildman–Crippen LogP) is 4.66. The molecule has 0 atom stereocenters. The number of benzene rings is 2. The zero-order chi connectivity index (χ0) is 16.5. The molecule has 1 aliphatic heterocycles. The number of hydrogen-bond acceptors (Lipinski definition) is 3. The highest BCUT2D eigenvalue weighted by atomic mass is 19.1. The molecule has 0 aliphatic carbocycles. The van der Waals surface area contributed by atoms with Gasteiger partial charge in [-0.15, -0.1) is 6.42 Å². The van der Waals surface area contributed by atoms with E-state index in [9.17, 15) is 4.39 Å². The van der Waals surface area contributed by atoms with Crippen LogP contribution in [-0.4, -0.2) is 13.2 Å². The Labute approximate surface area is 139 Å². The number of halogens is 1. The van der Waals surface area contributed by atoms with E-state index < -0.39 is 6.29 Å². The second-order valence-electron chi connectivity index (χ2n) is 5.67. The molecule has 3 nitrogen and oxygen atoms in total. The molecular formula is C20H15FO3. The molecule has 24 heavy (non-hydrogen) atoms. The van der Waals surface area contributed by atoms with Gasteiger partial charge in [0, 0.05) is 16.5 Å². The highest BCUT2D eigenvalue weighted by Gasteiger charge is 2.19. The van der Waals surface area contributed by atoms with Gasteiger partial charge >= 0.3 is 0 Å². The highest BCUT2D eigenvalue weighted by molar-refractivity contribution is 5.84. The number of terminal acetylenes is 1. The van der Waals surface area contributed by atoms with E-state index in [1.807, 2.05) is 12.1 Å². The standard InChI is InChI=1S/C20H15FO3/c1-2-13-4-5-14-12-19(24-18(14)10-13)16-7-6-15(11-17(16)21)20-22-8-3-9-23-20/h1,4-7,10-12,20H,3,8-9H2. The van der Waals surface area contributed by atoms with Gasteiger partial charge in [-0.2, -0.15) is 0 Å². The monoisotopic (exact) mass is 322 g/mol. The topological polar surface area (TPSA) is 31.6 Å². The van der Waals surface area contributed by atoms with E-state index in [4.69, 9.17) is 20.3 Å². The third-order valence-electron chi connectivity index (χ3n) is 4.04. The van der Waals surface area contributed by atoms with Crippen LogP contribution in [0.4, 0.5) is 4.39 Å². The minimum atomic E-state index is -0.504. The summed E-state index contributed by atoms with van der Waals surface area (Å²) in [7, 11) is 0. The summed E-state index contributed by atoms with van der Waals surface area (Å²) in [5.74, 6) is 2.65. The molecule has 2 aromatic carbocycles. The number of rotatable bonds is 2. The van der Waals surface area contributed by atoms with Gasteiger partial charge in [-0.1, -0.05) is 12.0 Å². The Morgan fingerprint density at radius 1 is 1.04 bits per heavy atom. The normalized spacial score (nSPS) is 15.5. The first-order valence-electron chi connectivity index (χ1n) is 7.78. The van der Waals surface area contributed by atoms with Crippen LogP contribution in [-0.2, 0) is 9.47 Å². The summed E-state index contributed by atoms with van der Waals surface area (Å²) < 4.78 is 31.3. The third-order valence-corrected chi connectivity index (χ3v) is 4.04. The number of furan rings is 1. The van der Waals surface area contributed by atoms with Crippen molar-refractivity contribution in [2.24, 2.45) is 0 Å².